The molecule has 0 aliphatic carbocycles. The number of benzene rings is 2. The molecule has 16 heavy (non-hydrogen) atoms. The van der Waals surface area contributed by atoms with E-state index in [-0.39, 0.29) is 6.61 Å². The predicted octanol–water partition coefficient (Wildman–Crippen LogP) is 2.18. The zero-order chi connectivity index (χ0) is 11.4. The molecule has 2 aromatic carbocycles. The zero-order valence-electron chi connectivity index (χ0n) is 9.02. The molecule has 84 valence electrons. The summed E-state index contributed by atoms with van der Waals surface area (Å²) in [7, 11) is 0. The van der Waals surface area contributed by atoms with E-state index in [2.05, 4.69) is 0 Å². The third-order valence-electron chi connectivity index (χ3n) is 2.44. The third kappa shape index (κ3) is 2.25. The summed E-state index contributed by atoms with van der Waals surface area (Å²) in [6.07, 6.45) is 0.617. The van der Waals surface area contributed by atoms with Gasteiger partial charge in [-0.15, -0.1) is 0 Å². The Morgan fingerprint density at radius 1 is 1.12 bits per heavy atom. The van der Waals surface area contributed by atoms with Crippen LogP contribution in [-0.4, -0.2) is 18.3 Å². The lowest BCUT2D eigenvalue weighted by molar-refractivity contribution is 0.234. The standard InChI is InChI=1S/C13H15NO2/c14-12-8-10-4-1-2-5-11(10)9-13(12)16-7-3-6-15/h1-2,4-5,8-9,15H,3,6-7,14H2. The van der Waals surface area contributed by atoms with E-state index in [1.807, 2.05) is 36.4 Å². The number of hydrogen-bond donors (Lipinski definition) is 2. The van der Waals surface area contributed by atoms with Gasteiger partial charge in [-0.1, -0.05) is 24.3 Å². The highest BCUT2D eigenvalue weighted by molar-refractivity contribution is 5.88. The zero-order valence-corrected chi connectivity index (χ0v) is 9.02. The normalized spacial score (nSPS) is 10.6. The van der Waals surface area contributed by atoms with Gasteiger partial charge < -0.3 is 15.6 Å². The van der Waals surface area contributed by atoms with E-state index in [1.165, 1.54) is 0 Å². The van der Waals surface area contributed by atoms with Gasteiger partial charge in [-0.05, 0) is 22.9 Å². The van der Waals surface area contributed by atoms with Crippen molar-refractivity contribution in [2.45, 2.75) is 6.42 Å². The average molecular weight is 217 g/mol. The van der Waals surface area contributed by atoms with Gasteiger partial charge in [-0.3, -0.25) is 0 Å². The number of hydrogen-bond acceptors (Lipinski definition) is 3. The van der Waals surface area contributed by atoms with Crippen LogP contribution >= 0.6 is 0 Å². The first kappa shape index (κ1) is 10.8. The summed E-state index contributed by atoms with van der Waals surface area (Å²) in [5, 5.41) is 10.9. The molecule has 2 aromatic rings. The van der Waals surface area contributed by atoms with Gasteiger partial charge in [0.1, 0.15) is 5.75 Å². The van der Waals surface area contributed by atoms with Gasteiger partial charge in [-0.2, -0.15) is 0 Å². The number of anilines is 1. The van der Waals surface area contributed by atoms with Crippen molar-refractivity contribution in [3.8, 4) is 5.75 Å². The molecule has 0 radical (unpaired) electrons. The van der Waals surface area contributed by atoms with Crippen LogP contribution in [0.3, 0.4) is 0 Å². The molecular formula is C13H15NO2. The number of fused-ring (bicyclic) bond motifs is 1. The van der Waals surface area contributed by atoms with Gasteiger partial charge in [0.05, 0.1) is 12.3 Å². The Morgan fingerprint density at radius 3 is 2.50 bits per heavy atom. The Hall–Kier alpha value is -1.74. The second-order valence-electron chi connectivity index (χ2n) is 3.66. The SMILES string of the molecule is Nc1cc2ccccc2cc1OCCCO. The molecule has 0 saturated heterocycles. The minimum atomic E-state index is 0.132. The van der Waals surface area contributed by atoms with Crippen LogP contribution in [0, 0.1) is 0 Å². The lowest BCUT2D eigenvalue weighted by Crippen LogP contribution is -2.02. The fourth-order valence-corrected chi connectivity index (χ4v) is 1.61. The summed E-state index contributed by atoms with van der Waals surface area (Å²) >= 11 is 0. The molecule has 0 atom stereocenters. The number of nitrogens with two attached hydrogens (primary N) is 1. The number of aliphatic hydroxyl groups is 1. The molecule has 0 spiro atoms. The first-order chi connectivity index (χ1) is 7.81. The lowest BCUT2D eigenvalue weighted by Gasteiger charge is -2.09. The topological polar surface area (TPSA) is 55.5 Å². The number of nitrogen functional groups attached to an aromatic ring is 1. The van der Waals surface area contributed by atoms with Crippen molar-refractivity contribution in [2.75, 3.05) is 18.9 Å². The molecule has 3 N–H and O–H groups in total. The molecule has 3 nitrogen and oxygen atoms in total. The number of ether oxygens (including phenoxy) is 1. The summed E-state index contributed by atoms with van der Waals surface area (Å²) in [6, 6.07) is 11.8. The third-order valence-corrected chi connectivity index (χ3v) is 2.44. The molecule has 0 heterocycles. The molecule has 0 fully saturated rings. The highest BCUT2D eigenvalue weighted by Crippen LogP contribution is 2.27. The molecular weight excluding hydrogens is 202 g/mol. The maximum atomic E-state index is 8.67. The van der Waals surface area contributed by atoms with E-state index in [1.54, 1.807) is 0 Å². The van der Waals surface area contributed by atoms with E-state index < -0.39 is 0 Å². The van der Waals surface area contributed by atoms with Crippen LogP contribution < -0.4 is 10.5 Å². The first-order valence-corrected chi connectivity index (χ1v) is 5.33. The Kier molecular flexibility index (Phi) is 3.27. The Balaban J connectivity index is 2.27. The molecule has 0 saturated carbocycles. The molecule has 2 rings (SSSR count). The van der Waals surface area contributed by atoms with Crippen molar-refractivity contribution in [3.05, 3.63) is 36.4 Å². The van der Waals surface area contributed by atoms with Crippen molar-refractivity contribution in [1.82, 2.24) is 0 Å². The molecule has 0 bridgehead atoms. The molecule has 0 unspecified atom stereocenters. The average Bonchev–Trinajstić information content (AvgIpc) is 2.30. The highest BCUT2D eigenvalue weighted by Gasteiger charge is 2.02. The van der Waals surface area contributed by atoms with Gasteiger partial charge in [0.25, 0.3) is 0 Å². The Bertz CT molecular complexity index is 482. The molecule has 0 aromatic heterocycles. The van der Waals surface area contributed by atoms with Crippen LogP contribution in [0.25, 0.3) is 10.8 Å². The summed E-state index contributed by atoms with van der Waals surface area (Å²) in [5.41, 5.74) is 6.52. The minimum absolute atomic E-state index is 0.132. The predicted molar refractivity (Wildman–Crippen MR) is 65.6 cm³/mol. The summed E-state index contributed by atoms with van der Waals surface area (Å²) in [6.45, 7) is 0.618. The monoisotopic (exact) mass is 217 g/mol. The quantitative estimate of drug-likeness (QED) is 0.609. The number of aliphatic hydroxyl groups excluding tert-OH is 1. The van der Waals surface area contributed by atoms with Crippen LogP contribution in [0.5, 0.6) is 5.75 Å². The maximum Gasteiger partial charge on any atom is 0.142 e. The second kappa shape index (κ2) is 4.86. The van der Waals surface area contributed by atoms with Crippen molar-refractivity contribution in [2.24, 2.45) is 0 Å². The summed E-state index contributed by atoms with van der Waals surface area (Å²) in [5.74, 6) is 0.687. The number of rotatable bonds is 4. The molecule has 3 heteroatoms. The van der Waals surface area contributed by atoms with Crippen LogP contribution in [0.2, 0.25) is 0 Å². The summed E-state index contributed by atoms with van der Waals surface area (Å²) < 4.78 is 5.50. The fraction of sp³-hybridized carbons (Fsp3) is 0.231. The molecule has 0 amide bonds. The first-order valence-electron chi connectivity index (χ1n) is 5.33. The molecule has 0 aliphatic rings. The van der Waals surface area contributed by atoms with Gasteiger partial charge in [-0.25, -0.2) is 0 Å². The van der Waals surface area contributed by atoms with Crippen LogP contribution in [0.15, 0.2) is 36.4 Å². The Morgan fingerprint density at radius 2 is 1.81 bits per heavy atom. The fourth-order valence-electron chi connectivity index (χ4n) is 1.61. The maximum absolute atomic E-state index is 8.67. The van der Waals surface area contributed by atoms with Gasteiger partial charge in [0, 0.05) is 13.0 Å². The van der Waals surface area contributed by atoms with Crippen LogP contribution in [-0.2, 0) is 0 Å². The lowest BCUT2D eigenvalue weighted by atomic mass is 10.1. The van der Waals surface area contributed by atoms with E-state index in [0.717, 1.165) is 10.8 Å². The smallest absolute Gasteiger partial charge is 0.142 e. The van der Waals surface area contributed by atoms with Gasteiger partial charge in [0.15, 0.2) is 0 Å². The van der Waals surface area contributed by atoms with E-state index in [4.69, 9.17) is 15.6 Å². The van der Waals surface area contributed by atoms with E-state index in [9.17, 15) is 0 Å². The second-order valence-corrected chi connectivity index (χ2v) is 3.66. The van der Waals surface area contributed by atoms with Gasteiger partial charge >= 0.3 is 0 Å². The minimum Gasteiger partial charge on any atom is -0.491 e. The largest absolute Gasteiger partial charge is 0.491 e. The van der Waals surface area contributed by atoms with E-state index >= 15 is 0 Å². The molecule has 0 aliphatic heterocycles. The van der Waals surface area contributed by atoms with Crippen molar-refractivity contribution >= 4 is 16.5 Å². The van der Waals surface area contributed by atoms with Crippen LogP contribution in [0.1, 0.15) is 6.42 Å². The Labute approximate surface area is 94.5 Å². The van der Waals surface area contributed by atoms with Crippen molar-refractivity contribution in [3.63, 3.8) is 0 Å². The van der Waals surface area contributed by atoms with Crippen LogP contribution in [0.4, 0.5) is 5.69 Å². The van der Waals surface area contributed by atoms with Crippen molar-refractivity contribution < 1.29 is 9.84 Å². The highest BCUT2D eigenvalue weighted by atomic mass is 16.5. The van der Waals surface area contributed by atoms with E-state index in [0.29, 0.717) is 24.5 Å². The van der Waals surface area contributed by atoms with Crippen molar-refractivity contribution in [1.29, 1.82) is 0 Å². The summed E-state index contributed by atoms with van der Waals surface area (Å²) in [4.78, 5) is 0. The van der Waals surface area contributed by atoms with Gasteiger partial charge in [0.2, 0.25) is 0 Å².